The Morgan fingerprint density at radius 3 is 2.32 bits per heavy atom. The highest BCUT2D eigenvalue weighted by atomic mass is 127. The number of anilines is 1. The van der Waals surface area contributed by atoms with Gasteiger partial charge in [0.05, 0.1) is 17.4 Å². The van der Waals surface area contributed by atoms with Crippen molar-refractivity contribution in [3.05, 3.63) is 84.4 Å². The largest absolute Gasteiger partial charge is 0.352 e. The van der Waals surface area contributed by atoms with Crippen LogP contribution in [0.15, 0.2) is 78.3 Å². The number of halogens is 1. The molecule has 1 aliphatic heterocycles. The molecule has 0 spiro atoms. The Hall–Kier alpha value is -3.21. The van der Waals surface area contributed by atoms with Crippen LogP contribution in [0.2, 0.25) is 0 Å². The predicted molar refractivity (Wildman–Crippen MR) is 147 cm³/mol. The molecule has 1 saturated heterocycles. The highest BCUT2D eigenvalue weighted by Crippen LogP contribution is 2.15. The summed E-state index contributed by atoms with van der Waals surface area (Å²) >= 11 is 0. The first-order valence-electron chi connectivity index (χ1n) is 11.3. The van der Waals surface area contributed by atoms with E-state index >= 15 is 0 Å². The average Bonchev–Trinajstić information content (AvgIpc) is 3.29. The first kappa shape index (κ1) is 23.9. The van der Waals surface area contributed by atoms with E-state index in [2.05, 4.69) is 76.0 Å². The number of fused-ring (bicyclic) bond motifs is 1. The number of nitrogens with zero attached hydrogens (tertiary/aromatic N) is 7. The van der Waals surface area contributed by atoms with Crippen molar-refractivity contribution in [3.63, 3.8) is 0 Å². The van der Waals surface area contributed by atoms with Gasteiger partial charge < -0.3 is 19.7 Å². The third-order valence-corrected chi connectivity index (χ3v) is 5.98. The molecular formula is C25H29IN8. The molecule has 0 radical (unpaired) electrons. The van der Waals surface area contributed by atoms with Crippen LogP contribution in [0.4, 0.5) is 5.95 Å². The molecular weight excluding hydrogens is 539 g/mol. The van der Waals surface area contributed by atoms with E-state index in [4.69, 9.17) is 0 Å². The number of benzene rings is 2. The van der Waals surface area contributed by atoms with Gasteiger partial charge >= 0.3 is 0 Å². The van der Waals surface area contributed by atoms with Crippen LogP contribution < -0.4 is 10.2 Å². The van der Waals surface area contributed by atoms with Crippen LogP contribution in [-0.4, -0.2) is 63.6 Å². The van der Waals surface area contributed by atoms with Crippen molar-refractivity contribution in [1.29, 1.82) is 0 Å². The maximum Gasteiger partial charge on any atom is 0.225 e. The van der Waals surface area contributed by atoms with Crippen LogP contribution in [0.3, 0.4) is 0 Å². The number of guanidine groups is 1. The van der Waals surface area contributed by atoms with Crippen LogP contribution in [0, 0.1) is 0 Å². The van der Waals surface area contributed by atoms with Gasteiger partial charge in [-0.3, -0.25) is 4.99 Å². The van der Waals surface area contributed by atoms with E-state index in [9.17, 15) is 0 Å². The van der Waals surface area contributed by atoms with Crippen molar-refractivity contribution < 1.29 is 0 Å². The maximum atomic E-state index is 4.49. The van der Waals surface area contributed by atoms with Crippen LogP contribution in [0.5, 0.6) is 0 Å². The summed E-state index contributed by atoms with van der Waals surface area (Å²) in [6.07, 6.45) is 5.49. The van der Waals surface area contributed by atoms with Crippen molar-refractivity contribution in [2.75, 3.05) is 38.1 Å². The molecule has 2 aromatic carbocycles. The second-order valence-electron chi connectivity index (χ2n) is 8.10. The molecule has 3 heterocycles. The van der Waals surface area contributed by atoms with E-state index < -0.39 is 0 Å². The van der Waals surface area contributed by atoms with Crippen molar-refractivity contribution in [2.45, 2.75) is 13.1 Å². The fraction of sp³-hybridized carbons (Fsp3) is 0.280. The van der Waals surface area contributed by atoms with Gasteiger partial charge in [0.1, 0.15) is 0 Å². The molecule has 1 fully saturated rings. The molecule has 4 aromatic rings. The third-order valence-electron chi connectivity index (χ3n) is 5.98. The van der Waals surface area contributed by atoms with Crippen molar-refractivity contribution in [3.8, 4) is 0 Å². The summed E-state index contributed by atoms with van der Waals surface area (Å²) in [5.74, 6) is 1.72. The number of aliphatic imine (C=N–C) groups is 1. The molecule has 0 bridgehead atoms. The number of aromatic nitrogens is 4. The Morgan fingerprint density at radius 1 is 0.882 bits per heavy atom. The number of imidazole rings is 1. The van der Waals surface area contributed by atoms with Crippen molar-refractivity contribution in [2.24, 2.45) is 4.99 Å². The van der Waals surface area contributed by atoms with Gasteiger partial charge in [0.15, 0.2) is 5.96 Å². The van der Waals surface area contributed by atoms with Gasteiger partial charge in [-0.05, 0) is 29.3 Å². The minimum atomic E-state index is 0. The molecule has 1 N–H and O–H groups in total. The standard InChI is InChI=1S/C25H28N8.HI/c1-26-24(31-13-15-32(16-14-31)25-27-11-4-12-28-25)29-17-20-7-9-21(10-8-20)18-33-19-30-22-5-2-3-6-23(22)33;/h2-12,19H,13-18H2,1H3,(H,26,29);1H. The van der Waals surface area contributed by atoms with Crippen molar-refractivity contribution in [1.82, 2.24) is 29.7 Å². The molecule has 0 unspecified atom stereocenters. The fourth-order valence-corrected chi connectivity index (χ4v) is 4.18. The minimum absolute atomic E-state index is 0. The molecule has 0 atom stereocenters. The second-order valence-corrected chi connectivity index (χ2v) is 8.10. The van der Waals surface area contributed by atoms with E-state index in [1.165, 1.54) is 11.1 Å². The van der Waals surface area contributed by atoms with E-state index in [0.29, 0.717) is 0 Å². The number of piperazine rings is 1. The molecule has 176 valence electrons. The lowest BCUT2D eigenvalue weighted by molar-refractivity contribution is 0.370. The van der Waals surface area contributed by atoms with E-state index in [1.807, 2.05) is 31.6 Å². The SMILES string of the molecule is CN=C(NCc1ccc(Cn2cnc3ccccc32)cc1)N1CCN(c2ncccn2)CC1.I. The van der Waals surface area contributed by atoms with E-state index in [1.54, 1.807) is 12.4 Å². The quantitative estimate of drug-likeness (QED) is 0.226. The lowest BCUT2D eigenvalue weighted by atomic mass is 10.1. The zero-order chi connectivity index (χ0) is 22.5. The van der Waals surface area contributed by atoms with Crippen LogP contribution in [-0.2, 0) is 13.1 Å². The van der Waals surface area contributed by atoms with Gasteiger partial charge in [0, 0.05) is 58.7 Å². The molecule has 0 saturated carbocycles. The van der Waals surface area contributed by atoms with E-state index in [0.717, 1.165) is 62.2 Å². The zero-order valence-electron chi connectivity index (χ0n) is 19.2. The topological polar surface area (TPSA) is 74.5 Å². The Bertz CT molecular complexity index is 1210. The highest BCUT2D eigenvalue weighted by Gasteiger charge is 2.21. The van der Waals surface area contributed by atoms with Crippen LogP contribution in [0.25, 0.3) is 11.0 Å². The predicted octanol–water partition coefficient (Wildman–Crippen LogP) is 3.39. The lowest BCUT2D eigenvalue weighted by Gasteiger charge is -2.36. The Labute approximate surface area is 216 Å². The Balaban J connectivity index is 0.00000274. The summed E-state index contributed by atoms with van der Waals surface area (Å²) in [7, 11) is 1.84. The second kappa shape index (κ2) is 11.3. The molecule has 5 rings (SSSR count). The van der Waals surface area contributed by atoms with Gasteiger partial charge in [-0.25, -0.2) is 15.0 Å². The van der Waals surface area contributed by atoms with Gasteiger partial charge in [0.25, 0.3) is 0 Å². The molecule has 9 heteroatoms. The van der Waals surface area contributed by atoms with Gasteiger partial charge in [-0.2, -0.15) is 0 Å². The fourth-order valence-electron chi connectivity index (χ4n) is 4.18. The van der Waals surface area contributed by atoms with E-state index in [-0.39, 0.29) is 24.0 Å². The zero-order valence-corrected chi connectivity index (χ0v) is 21.5. The summed E-state index contributed by atoms with van der Waals surface area (Å²) < 4.78 is 2.19. The number of nitrogens with one attached hydrogen (secondary N) is 1. The number of rotatable bonds is 5. The summed E-state index contributed by atoms with van der Waals surface area (Å²) in [6, 6.07) is 18.8. The lowest BCUT2D eigenvalue weighted by Crippen LogP contribution is -2.52. The van der Waals surface area contributed by atoms with Gasteiger partial charge in [0.2, 0.25) is 5.95 Å². The summed E-state index contributed by atoms with van der Waals surface area (Å²) in [6.45, 7) is 5.07. The van der Waals surface area contributed by atoms with Gasteiger partial charge in [-0.1, -0.05) is 36.4 Å². The molecule has 0 aliphatic carbocycles. The third kappa shape index (κ3) is 5.46. The normalized spacial score (nSPS) is 14.2. The van der Waals surface area contributed by atoms with Crippen LogP contribution in [0.1, 0.15) is 11.1 Å². The first-order valence-corrected chi connectivity index (χ1v) is 11.3. The summed E-state index contributed by atoms with van der Waals surface area (Å²) in [5.41, 5.74) is 4.67. The minimum Gasteiger partial charge on any atom is -0.352 e. The van der Waals surface area contributed by atoms with Crippen LogP contribution >= 0.6 is 24.0 Å². The summed E-state index contributed by atoms with van der Waals surface area (Å²) in [4.78, 5) is 22.2. The molecule has 0 amide bonds. The number of hydrogen-bond acceptors (Lipinski definition) is 5. The molecule has 1 aliphatic rings. The average molecular weight is 568 g/mol. The molecule has 34 heavy (non-hydrogen) atoms. The maximum absolute atomic E-state index is 4.49. The van der Waals surface area contributed by atoms with Gasteiger partial charge in [-0.15, -0.1) is 24.0 Å². The Kier molecular flexibility index (Phi) is 7.94. The van der Waals surface area contributed by atoms with Crippen molar-refractivity contribution >= 4 is 46.9 Å². The Morgan fingerprint density at radius 2 is 1.59 bits per heavy atom. The monoisotopic (exact) mass is 568 g/mol. The smallest absolute Gasteiger partial charge is 0.225 e. The number of hydrogen-bond donors (Lipinski definition) is 1. The number of para-hydroxylation sites is 2. The summed E-state index contributed by atoms with van der Waals surface area (Å²) in [5, 5.41) is 3.51. The first-order chi connectivity index (χ1) is 16.3. The highest BCUT2D eigenvalue weighted by molar-refractivity contribution is 14.0. The molecule has 2 aromatic heterocycles. The molecule has 8 nitrogen and oxygen atoms in total.